The number of hydrogen-bond acceptors (Lipinski definition) is 3. The van der Waals surface area contributed by atoms with Gasteiger partial charge in [-0.1, -0.05) is 0 Å². The topological polar surface area (TPSA) is 60.9 Å². The molecule has 0 unspecified atom stereocenters. The van der Waals surface area contributed by atoms with E-state index < -0.39 is 0 Å². The number of nitrogens with zero attached hydrogens (tertiary/aromatic N) is 3. The molecule has 0 atom stereocenters. The van der Waals surface area contributed by atoms with Crippen molar-refractivity contribution in [2.75, 3.05) is 0 Å². The minimum atomic E-state index is 0. The maximum absolute atomic E-state index is 10.3. The Morgan fingerprint density at radius 1 is 0.393 bits per heavy atom. The molecule has 0 heterocycles. The fraction of sp³-hybridized carbons (Fsp3) is 0.857. The van der Waals surface area contributed by atoms with Gasteiger partial charge in [-0.3, -0.25) is 14.4 Å². The number of amides is 3. The molecule has 0 N–H and O–H groups in total. The van der Waals surface area contributed by atoms with Crippen LogP contribution in [-0.4, -0.2) is 70.2 Å². The first-order valence-corrected chi connectivity index (χ1v) is 9.96. The normalized spacial score (nSPS) is 10.1. The first-order chi connectivity index (χ1) is 12.3. The smallest absolute Gasteiger partial charge is 0.210 e. The largest absolute Gasteiger partial charge is 0.340 e. The standard InChI is InChI=1S/3C7H15NO.La/c3*1-6(2)8(5-9)7(3)4;/h3*5-7H,1-4H3;. The average Bonchev–Trinajstić information content (AvgIpc) is 2.47. The molecule has 0 aliphatic heterocycles. The molecule has 28 heavy (non-hydrogen) atoms. The van der Waals surface area contributed by atoms with Gasteiger partial charge in [-0.2, -0.15) is 0 Å². The third-order valence-electron chi connectivity index (χ3n) is 3.94. The Balaban J connectivity index is -0.000000152. The number of carbonyl (C=O) groups excluding carboxylic acids is 3. The van der Waals surface area contributed by atoms with Gasteiger partial charge >= 0.3 is 0 Å². The van der Waals surface area contributed by atoms with Crippen LogP contribution in [0.4, 0.5) is 0 Å². The Morgan fingerprint density at radius 2 is 0.500 bits per heavy atom. The molecule has 0 saturated carbocycles. The third kappa shape index (κ3) is 17.7. The van der Waals surface area contributed by atoms with Crippen molar-refractivity contribution in [1.29, 1.82) is 0 Å². The van der Waals surface area contributed by atoms with Gasteiger partial charge < -0.3 is 14.7 Å². The molecule has 0 fully saturated rings. The molecule has 0 saturated heterocycles. The second-order valence-corrected chi connectivity index (χ2v) is 8.22. The molecule has 0 aromatic heterocycles. The SMILES string of the molecule is CC(C)N(C=O)C(C)C.CC(C)N(C=O)C(C)C.CC(C)N(C=O)C(C)C.[La]. The molecular formula is C21H45LaN3O3. The summed E-state index contributed by atoms with van der Waals surface area (Å²) >= 11 is 0. The van der Waals surface area contributed by atoms with Gasteiger partial charge in [-0.25, -0.2) is 0 Å². The Labute approximate surface area is 202 Å². The zero-order valence-corrected chi connectivity index (χ0v) is 24.0. The quantitative estimate of drug-likeness (QED) is 0.430. The van der Waals surface area contributed by atoms with Crippen LogP contribution in [0.15, 0.2) is 0 Å². The first kappa shape index (κ1) is 35.1. The zero-order valence-electron chi connectivity index (χ0n) is 20.3. The molecule has 7 heteroatoms. The first-order valence-electron chi connectivity index (χ1n) is 9.96. The van der Waals surface area contributed by atoms with Crippen molar-refractivity contribution in [1.82, 2.24) is 14.7 Å². The molecule has 6 nitrogen and oxygen atoms in total. The summed E-state index contributed by atoms with van der Waals surface area (Å²) in [7, 11) is 0. The van der Waals surface area contributed by atoms with Crippen LogP contribution in [0, 0.1) is 35.6 Å². The molecule has 0 spiro atoms. The van der Waals surface area contributed by atoms with Gasteiger partial charge in [-0.05, 0) is 83.1 Å². The van der Waals surface area contributed by atoms with E-state index >= 15 is 0 Å². The maximum atomic E-state index is 10.3. The fourth-order valence-corrected chi connectivity index (χ4v) is 2.52. The molecule has 3 amide bonds. The Bertz CT molecular complexity index is 306. The van der Waals surface area contributed by atoms with Crippen molar-refractivity contribution < 1.29 is 50.0 Å². The van der Waals surface area contributed by atoms with Crippen LogP contribution >= 0.6 is 0 Å². The summed E-state index contributed by atoms with van der Waals surface area (Å²) < 4.78 is 0. The van der Waals surface area contributed by atoms with E-state index in [1.54, 1.807) is 14.7 Å². The van der Waals surface area contributed by atoms with E-state index in [0.717, 1.165) is 19.2 Å². The van der Waals surface area contributed by atoms with Crippen molar-refractivity contribution in [3.05, 3.63) is 0 Å². The Hall–Kier alpha value is -0.395. The summed E-state index contributed by atoms with van der Waals surface area (Å²) in [5.41, 5.74) is 0. The van der Waals surface area contributed by atoms with E-state index in [9.17, 15) is 14.4 Å². The molecule has 0 aliphatic carbocycles. The molecule has 0 rings (SSSR count). The monoisotopic (exact) mass is 526 g/mol. The minimum absolute atomic E-state index is 0. The van der Waals surface area contributed by atoms with Crippen LogP contribution in [0.5, 0.6) is 0 Å². The van der Waals surface area contributed by atoms with E-state index in [-0.39, 0.29) is 35.6 Å². The van der Waals surface area contributed by atoms with Gasteiger partial charge in [0.25, 0.3) is 0 Å². The van der Waals surface area contributed by atoms with Crippen LogP contribution in [0.2, 0.25) is 0 Å². The van der Waals surface area contributed by atoms with Crippen molar-refractivity contribution in [3.8, 4) is 0 Å². The van der Waals surface area contributed by atoms with Gasteiger partial charge in [0.2, 0.25) is 19.2 Å². The molecular weight excluding hydrogens is 481 g/mol. The fourth-order valence-electron chi connectivity index (χ4n) is 2.52. The summed E-state index contributed by atoms with van der Waals surface area (Å²) in [4.78, 5) is 36.3. The number of carbonyl (C=O) groups is 3. The van der Waals surface area contributed by atoms with Crippen LogP contribution < -0.4 is 0 Å². The van der Waals surface area contributed by atoms with Gasteiger partial charge in [0.05, 0.1) is 0 Å². The van der Waals surface area contributed by atoms with E-state index in [1.807, 2.05) is 83.1 Å². The van der Waals surface area contributed by atoms with E-state index in [2.05, 4.69) is 0 Å². The van der Waals surface area contributed by atoms with Gasteiger partial charge in [-0.15, -0.1) is 0 Å². The average molecular weight is 527 g/mol. The minimum Gasteiger partial charge on any atom is -0.340 e. The predicted octanol–water partition coefficient (Wildman–Crippen LogP) is 3.78. The summed E-state index contributed by atoms with van der Waals surface area (Å²) in [5.74, 6) is 0. The van der Waals surface area contributed by atoms with Crippen molar-refractivity contribution >= 4 is 19.2 Å². The second kappa shape index (κ2) is 19.9. The molecule has 0 aliphatic rings. The van der Waals surface area contributed by atoms with Crippen molar-refractivity contribution in [2.45, 2.75) is 119 Å². The van der Waals surface area contributed by atoms with E-state index in [0.29, 0.717) is 36.3 Å². The van der Waals surface area contributed by atoms with E-state index in [4.69, 9.17) is 0 Å². The van der Waals surface area contributed by atoms with Crippen LogP contribution in [0.3, 0.4) is 0 Å². The number of hydrogen-bond donors (Lipinski definition) is 0. The third-order valence-corrected chi connectivity index (χ3v) is 3.94. The predicted molar refractivity (Wildman–Crippen MR) is 115 cm³/mol. The molecule has 1 radical (unpaired) electrons. The van der Waals surface area contributed by atoms with Gasteiger partial charge in [0, 0.05) is 71.8 Å². The molecule has 0 bridgehead atoms. The maximum Gasteiger partial charge on any atom is 0.210 e. The zero-order chi connectivity index (χ0) is 22.3. The molecule has 0 aromatic carbocycles. The summed E-state index contributed by atoms with van der Waals surface area (Å²) in [6.07, 6.45) is 2.69. The summed E-state index contributed by atoms with van der Waals surface area (Å²) in [6.45, 7) is 24.1. The van der Waals surface area contributed by atoms with E-state index in [1.165, 1.54) is 0 Å². The molecule has 165 valence electrons. The Morgan fingerprint density at radius 3 is 0.500 bits per heavy atom. The van der Waals surface area contributed by atoms with Gasteiger partial charge in [0.1, 0.15) is 0 Å². The van der Waals surface area contributed by atoms with Crippen molar-refractivity contribution in [2.24, 2.45) is 0 Å². The van der Waals surface area contributed by atoms with Gasteiger partial charge in [0.15, 0.2) is 0 Å². The van der Waals surface area contributed by atoms with Crippen LogP contribution in [0.25, 0.3) is 0 Å². The summed E-state index contributed by atoms with van der Waals surface area (Å²) in [5, 5.41) is 0. The van der Waals surface area contributed by atoms with Crippen molar-refractivity contribution in [3.63, 3.8) is 0 Å². The van der Waals surface area contributed by atoms with Crippen LogP contribution in [-0.2, 0) is 14.4 Å². The second-order valence-electron chi connectivity index (χ2n) is 8.22. The molecule has 0 aromatic rings. The Kier molecular flexibility index (Phi) is 24.9. The summed E-state index contributed by atoms with van der Waals surface area (Å²) in [6, 6.07) is 1.93. The number of rotatable bonds is 9. The van der Waals surface area contributed by atoms with Crippen LogP contribution in [0.1, 0.15) is 83.1 Å².